The Morgan fingerprint density at radius 3 is 2.56 bits per heavy atom. The summed E-state index contributed by atoms with van der Waals surface area (Å²) in [6.07, 6.45) is 1.64. The molecule has 1 atom stereocenters. The maximum absolute atomic E-state index is 13.9. The van der Waals surface area contributed by atoms with E-state index in [1.165, 1.54) is 14.1 Å². The maximum Gasteiger partial charge on any atom is 0.341 e. The van der Waals surface area contributed by atoms with Crippen molar-refractivity contribution >= 4 is 21.9 Å². The molecule has 0 aliphatic heterocycles. The van der Waals surface area contributed by atoms with Crippen LogP contribution < -0.4 is 5.32 Å². The van der Waals surface area contributed by atoms with Gasteiger partial charge in [-0.25, -0.2) is 21.9 Å². The molecule has 1 N–H and O–H groups in total. The van der Waals surface area contributed by atoms with Gasteiger partial charge in [0, 0.05) is 14.1 Å². The number of hydrogen-bond acceptors (Lipinski definition) is 6. The summed E-state index contributed by atoms with van der Waals surface area (Å²) in [6.45, 7) is 0.868. The van der Waals surface area contributed by atoms with Gasteiger partial charge in [-0.15, -0.1) is 0 Å². The van der Waals surface area contributed by atoms with Gasteiger partial charge in [-0.1, -0.05) is 0 Å². The quantitative estimate of drug-likeness (QED) is 0.687. The minimum Gasteiger partial charge on any atom is -0.452 e. The van der Waals surface area contributed by atoms with Gasteiger partial charge in [0.25, 0.3) is 5.91 Å². The van der Waals surface area contributed by atoms with Crippen molar-refractivity contribution in [2.75, 3.05) is 20.7 Å². The fraction of sp³-hybridized carbons (Fsp3) is 0.471. The van der Waals surface area contributed by atoms with Crippen LogP contribution in [0.4, 0.5) is 4.39 Å². The number of hydrogen-bond donors (Lipinski definition) is 1. The van der Waals surface area contributed by atoms with E-state index in [1.54, 1.807) is 6.92 Å². The molecule has 1 aliphatic rings. The zero-order valence-electron chi connectivity index (χ0n) is 15.2. The maximum atomic E-state index is 13.9. The van der Waals surface area contributed by atoms with E-state index in [9.17, 15) is 27.7 Å². The molecule has 0 heterocycles. The summed E-state index contributed by atoms with van der Waals surface area (Å²) in [5.41, 5.74) is -1.65. The predicted molar refractivity (Wildman–Crippen MR) is 92.4 cm³/mol. The summed E-state index contributed by atoms with van der Waals surface area (Å²) >= 11 is 0. The predicted octanol–water partition coefficient (Wildman–Crippen LogP) is 1.04. The number of sulfonamides is 1. The van der Waals surface area contributed by atoms with Gasteiger partial charge < -0.3 is 10.1 Å². The Morgan fingerprint density at radius 2 is 2.04 bits per heavy atom. The van der Waals surface area contributed by atoms with E-state index in [1.807, 2.05) is 6.07 Å². The van der Waals surface area contributed by atoms with Crippen molar-refractivity contribution in [3.63, 3.8) is 0 Å². The minimum absolute atomic E-state index is 0.0486. The summed E-state index contributed by atoms with van der Waals surface area (Å²) in [6, 6.07) is 4.76. The van der Waals surface area contributed by atoms with E-state index in [-0.39, 0.29) is 10.8 Å². The lowest BCUT2D eigenvalue weighted by molar-refractivity contribution is -0.125. The van der Waals surface area contributed by atoms with Crippen molar-refractivity contribution < 1.29 is 27.1 Å². The summed E-state index contributed by atoms with van der Waals surface area (Å²) in [5.74, 6) is -2.80. The number of ether oxygens (including phenoxy) is 1. The molecule has 2 rings (SSSR count). The summed E-state index contributed by atoms with van der Waals surface area (Å²) in [4.78, 5) is 23.8. The van der Waals surface area contributed by atoms with Gasteiger partial charge in [0.1, 0.15) is 11.4 Å². The lowest BCUT2D eigenvalue weighted by atomic mass is 9.98. The standard InChI is InChI=1S/C17H20FN3O5S/c1-17(10-19,11-4-5-11)20-15(22)9-26-16(23)13-8-12(6-7-14(13)18)27(24,25)21(2)3/h6-8,11H,4-5,9H2,1-3H3,(H,20,22)/t17-/m1/s1. The number of nitrogens with one attached hydrogen (secondary N) is 1. The van der Waals surface area contributed by atoms with Crippen LogP contribution in [0, 0.1) is 23.1 Å². The molecule has 27 heavy (non-hydrogen) atoms. The van der Waals surface area contributed by atoms with E-state index < -0.39 is 45.4 Å². The van der Waals surface area contributed by atoms with Crippen LogP contribution in [-0.2, 0) is 19.6 Å². The highest BCUT2D eigenvalue weighted by atomic mass is 32.2. The van der Waals surface area contributed by atoms with E-state index >= 15 is 0 Å². The van der Waals surface area contributed by atoms with Gasteiger partial charge in [-0.2, -0.15) is 5.26 Å². The number of amides is 1. The second-order valence-electron chi connectivity index (χ2n) is 6.64. The molecule has 0 aromatic heterocycles. The number of rotatable bonds is 7. The second-order valence-corrected chi connectivity index (χ2v) is 8.79. The first-order valence-electron chi connectivity index (χ1n) is 8.12. The molecular formula is C17H20FN3O5S. The summed E-state index contributed by atoms with van der Waals surface area (Å²) < 4.78 is 43.8. The Labute approximate surface area is 157 Å². The first-order chi connectivity index (χ1) is 12.5. The third-order valence-corrected chi connectivity index (χ3v) is 6.11. The second kappa shape index (κ2) is 7.62. The molecule has 0 bridgehead atoms. The Morgan fingerprint density at radius 1 is 1.41 bits per heavy atom. The van der Waals surface area contributed by atoms with E-state index in [4.69, 9.17) is 4.74 Å². The van der Waals surface area contributed by atoms with Crippen molar-refractivity contribution in [1.82, 2.24) is 9.62 Å². The Hall–Kier alpha value is -2.51. The van der Waals surface area contributed by atoms with Crippen molar-refractivity contribution in [2.45, 2.75) is 30.2 Å². The molecule has 0 saturated heterocycles. The van der Waals surface area contributed by atoms with Gasteiger partial charge in [0.15, 0.2) is 6.61 Å². The Kier molecular flexibility index (Phi) is 5.87. The smallest absolute Gasteiger partial charge is 0.341 e. The largest absolute Gasteiger partial charge is 0.452 e. The molecule has 0 unspecified atom stereocenters. The molecule has 10 heteroatoms. The topological polar surface area (TPSA) is 117 Å². The zero-order valence-corrected chi connectivity index (χ0v) is 16.0. The first kappa shape index (κ1) is 20.8. The molecule has 1 amide bonds. The van der Waals surface area contributed by atoms with Gasteiger partial charge >= 0.3 is 5.97 Å². The van der Waals surface area contributed by atoms with Crippen LogP contribution >= 0.6 is 0 Å². The molecule has 1 aliphatic carbocycles. The normalized spacial score (nSPS) is 16.3. The molecule has 0 spiro atoms. The average Bonchev–Trinajstić information content (AvgIpc) is 3.45. The molecule has 146 valence electrons. The van der Waals surface area contributed by atoms with Gasteiger partial charge in [0.05, 0.1) is 16.5 Å². The van der Waals surface area contributed by atoms with E-state index in [0.717, 1.165) is 35.3 Å². The minimum atomic E-state index is -3.87. The number of carbonyl (C=O) groups is 2. The molecule has 0 radical (unpaired) electrons. The highest BCUT2D eigenvalue weighted by Crippen LogP contribution is 2.39. The van der Waals surface area contributed by atoms with Gasteiger partial charge in [0.2, 0.25) is 10.0 Å². The third kappa shape index (κ3) is 4.61. The molecule has 8 nitrogen and oxygen atoms in total. The number of nitrogens with zero attached hydrogens (tertiary/aromatic N) is 2. The van der Waals surface area contributed by atoms with Crippen LogP contribution in [0.3, 0.4) is 0 Å². The van der Waals surface area contributed by atoms with Crippen LogP contribution in [0.1, 0.15) is 30.1 Å². The summed E-state index contributed by atoms with van der Waals surface area (Å²) in [5, 5.41) is 11.7. The van der Waals surface area contributed by atoms with Crippen molar-refractivity contribution in [2.24, 2.45) is 5.92 Å². The van der Waals surface area contributed by atoms with Crippen LogP contribution in [-0.4, -0.2) is 50.8 Å². The van der Waals surface area contributed by atoms with Gasteiger partial charge in [-0.3, -0.25) is 4.79 Å². The number of benzene rings is 1. The van der Waals surface area contributed by atoms with Crippen LogP contribution in [0.2, 0.25) is 0 Å². The molecule has 1 aromatic carbocycles. The van der Waals surface area contributed by atoms with Crippen LogP contribution in [0.5, 0.6) is 0 Å². The third-order valence-electron chi connectivity index (χ3n) is 4.30. The SMILES string of the molecule is CN(C)S(=O)(=O)c1ccc(F)c(C(=O)OCC(=O)N[C@](C)(C#N)C2CC2)c1. The van der Waals surface area contributed by atoms with Crippen molar-refractivity contribution in [1.29, 1.82) is 5.26 Å². The lowest BCUT2D eigenvalue weighted by Gasteiger charge is -2.22. The molecular weight excluding hydrogens is 377 g/mol. The Bertz CT molecular complexity index is 906. The number of halogens is 1. The average molecular weight is 397 g/mol. The van der Waals surface area contributed by atoms with Crippen molar-refractivity contribution in [3.8, 4) is 6.07 Å². The van der Waals surface area contributed by atoms with Gasteiger partial charge in [-0.05, 0) is 43.9 Å². The fourth-order valence-corrected chi connectivity index (χ4v) is 3.38. The van der Waals surface area contributed by atoms with E-state index in [0.29, 0.717) is 0 Å². The zero-order chi connectivity index (χ0) is 20.4. The Balaban J connectivity index is 2.08. The highest BCUT2D eigenvalue weighted by molar-refractivity contribution is 7.89. The number of carbonyl (C=O) groups excluding carboxylic acids is 2. The fourth-order valence-electron chi connectivity index (χ4n) is 2.45. The van der Waals surface area contributed by atoms with Crippen molar-refractivity contribution in [3.05, 3.63) is 29.6 Å². The van der Waals surface area contributed by atoms with E-state index in [2.05, 4.69) is 5.32 Å². The monoisotopic (exact) mass is 397 g/mol. The number of esters is 1. The van der Waals surface area contributed by atoms with Crippen LogP contribution in [0.25, 0.3) is 0 Å². The highest BCUT2D eigenvalue weighted by Gasteiger charge is 2.43. The molecule has 1 fully saturated rings. The lowest BCUT2D eigenvalue weighted by Crippen LogP contribution is -2.48. The van der Waals surface area contributed by atoms with Crippen LogP contribution in [0.15, 0.2) is 23.1 Å². The number of nitriles is 1. The summed E-state index contributed by atoms with van der Waals surface area (Å²) in [7, 11) is -1.27. The molecule has 1 aromatic rings. The molecule has 1 saturated carbocycles. The first-order valence-corrected chi connectivity index (χ1v) is 9.56.